The summed E-state index contributed by atoms with van der Waals surface area (Å²) in [6.07, 6.45) is 0. The summed E-state index contributed by atoms with van der Waals surface area (Å²) in [5, 5.41) is 0. The molecule has 0 amide bonds. The fraction of sp³-hybridized carbons (Fsp3) is 0.500. The number of benzene rings is 1. The van der Waals surface area contributed by atoms with Crippen molar-refractivity contribution in [1.29, 1.82) is 0 Å². The first-order valence-corrected chi connectivity index (χ1v) is 9.78. The van der Waals surface area contributed by atoms with E-state index in [0.717, 1.165) is 13.1 Å². The molecule has 0 radical (unpaired) electrons. The second-order valence-electron chi connectivity index (χ2n) is 3.92. The topological polar surface area (TPSA) is 23.6 Å². The summed E-state index contributed by atoms with van der Waals surface area (Å²) in [5.41, 5.74) is 0.0718. The molecule has 0 saturated heterocycles. The van der Waals surface area contributed by atoms with Crippen molar-refractivity contribution >= 4 is 19.5 Å². The summed E-state index contributed by atoms with van der Waals surface area (Å²) in [4.78, 5) is 14.6. The van der Waals surface area contributed by atoms with Gasteiger partial charge < -0.3 is 14.6 Å². The molecule has 5 heteroatoms. The van der Waals surface area contributed by atoms with Gasteiger partial charge in [-0.15, -0.1) is 12.1 Å². The number of nitrogens with zero attached hydrogens (tertiary/aromatic N) is 2. The Morgan fingerprint density at radius 1 is 1.12 bits per heavy atom. The van der Waals surface area contributed by atoms with Crippen LogP contribution in [0.25, 0.3) is 0 Å². The van der Waals surface area contributed by atoms with Crippen molar-refractivity contribution in [1.82, 2.24) is 9.80 Å². The van der Waals surface area contributed by atoms with Gasteiger partial charge in [-0.25, -0.2) is 0 Å². The minimum absolute atomic E-state index is 0.0718. The van der Waals surface area contributed by atoms with Crippen molar-refractivity contribution in [2.75, 3.05) is 41.3 Å². The van der Waals surface area contributed by atoms with E-state index in [1.807, 2.05) is 25.6 Å². The Morgan fingerprint density at radius 3 is 1.76 bits per heavy atom. The molecule has 102 valence electrons. The van der Waals surface area contributed by atoms with E-state index in [4.69, 9.17) is 0 Å². The van der Waals surface area contributed by atoms with Crippen LogP contribution in [0.3, 0.4) is 0 Å². The van der Waals surface area contributed by atoms with Crippen LogP contribution >= 0.6 is 19.5 Å². The fourth-order valence-electron chi connectivity index (χ4n) is 0.820. The van der Waals surface area contributed by atoms with E-state index in [-0.39, 0.29) is 5.43 Å². The van der Waals surface area contributed by atoms with Crippen molar-refractivity contribution in [2.45, 2.75) is 0 Å². The van der Waals surface area contributed by atoms with Crippen LogP contribution in [0, 0.1) is 0 Å². The number of halogens is 1. The second kappa shape index (κ2) is 14.4. The Bertz CT molecular complexity index is 277. The van der Waals surface area contributed by atoms with Crippen LogP contribution in [0.15, 0.2) is 35.1 Å². The Kier molecular flexibility index (Phi) is 16.7. The number of hydrogen-bond donors (Lipinski definition) is 0. The summed E-state index contributed by atoms with van der Waals surface area (Å²) in [5.74, 6) is 0. The maximum absolute atomic E-state index is 10.3. The molecule has 0 bridgehead atoms. The number of hydrogen-bond acceptors (Lipinski definition) is 3. The Morgan fingerprint density at radius 2 is 1.59 bits per heavy atom. The van der Waals surface area contributed by atoms with Crippen LogP contribution in [0.5, 0.6) is 0 Å². The standard InChI is InChI=1S/C6H16N2.C6H5O.HI.Pd/c1-7(2)5-6-8(3)4;7-6-4-2-1-3-5-6;;/h5-6H2,1-4H3;1-5H;1H;/q;-1;;+2/p-1. The second-order valence-corrected chi connectivity index (χ2v) is 3.92. The van der Waals surface area contributed by atoms with Crippen LogP contribution in [0.2, 0.25) is 0 Å². The van der Waals surface area contributed by atoms with E-state index < -0.39 is 0 Å². The van der Waals surface area contributed by atoms with Crippen LogP contribution in [0.1, 0.15) is 0 Å². The molecule has 1 rings (SSSR count). The molecule has 0 spiro atoms. The third-order valence-electron chi connectivity index (χ3n) is 1.74. The summed E-state index contributed by atoms with van der Waals surface area (Å²) in [6.45, 7) is 2.29. The van der Waals surface area contributed by atoms with Gasteiger partial charge in [-0.05, 0) is 28.2 Å². The van der Waals surface area contributed by atoms with Crippen LogP contribution in [0.4, 0.5) is 0 Å². The zero-order valence-corrected chi connectivity index (χ0v) is 14.5. The summed E-state index contributed by atoms with van der Waals surface area (Å²) in [7, 11) is 8.35. The van der Waals surface area contributed by atoms with E-state index >= 15 is 0 Å². The van der Waals surface area contributed by atoms with Crippen molar-refractivity contribution in [2.24, 2.45) is 0 Å². The average molecular weight is 443 g/mol. The van der Waals surface area contributed by atoms with Gasteiger partial charge in [-0.1, -0.05) is 0 Å². The van der Waals surface area contributed by atoms with Crippen molar-refractivity contribution in [3.8, 4) is 0 Å². The molecule has 17 heavy (non-hydrogen) atoms. The number of rotatable bonds is 3. The molecule has 0 heterocycles. The summed E-state index contributed by atoms with van der Waals surface area (Å²) >= 11 is 4.72. The first-order chi connectivity index (χ1) is 8.02. The van der Waals surface area contributed by atoms with Crippen molar-refractivity contribution < 1.29 is 15.6 Å². The third-order valence-corrected chi connectivity index (χ3v) is 1.74. The molecule has 0 N–H and O–H groups in total. The van der Waals surface area contributed by atoms with Crippen molar-refractivity contribution in [3.63, 3.8) is 0 Å². The summed E-state index contributed by atoms with van der Waals surface area (Å²) in [6, 6.07) is 8.33. The van der Waals surface area contributed by atoms with Gasteiger partial charge in [-0.3, -0.25) is 0 Å². The van der Waals surface area contributed by atoms with Gasteiger partial charge in [0.1, 0.15) is 0 Å². The van der Waals surface area contributed by atoms with Crippen LogP contribution in [-0.2, 0) is 15.6 Å². The predicted molar refractivity (Wildman–Crippen MR) is 79.4 cm³/mol. The molecular formula is C12H21IN2OPd. The SMILES string of the molecule is CN(C)CCN(C)C.O=c1cccc[cH-]1.[Pd+][I]. The Balaban J connectivity index is 0. The van der Waals surface area contributed by atoms with Gasteiger partial charge in [-0.2, -0.15) is 18.2 Å². The van der Waals surface area contributed by atoms with Gasteiger partial charge in [0, 0.05) is 13.1 Å². The molecule has 0 aliphatic rings. The number of likely N-dealkylation sites (N-methyl/N-ethyl adjacent to an activating group) is 2. The normalized spacial score (nSPS) is 9.24. The first kappa shape index (κ1) is 19.7. The molecule has 0 saturated carbocycles. The average Bonchev–Trinajstić information content (AvgIpc) is 2.31. The van der Waals surface area contributed by atoms with Gasteiger partial charge in [0.2, 0.25) is 0 Å². The molecule has 1 aromatic rings. The van der Waals surface area contributed by atoms with Crippen molar-refractivity contribution in [3.05, 3.63) is 40.6 Å². The monoisotopic (exact) mass is 442 g/mol. The molecular weight excluding hydrogens is 421 g/mol. The van der Waals surface area contributed by atoms with Crippen LogP contribution < -0.4 is 5.43 Å². The van der Waals surface area contributed by atoms with Crippen LogP contribution in [-0.4, -0.2) is 51.1 Å². The minimum atomic E-state index is 0.0718. The molecule has 0 aromatic heterocycles. The summed E-state index contributed by atoms with van der Waals surface area (Å²) < 4.78 is 0. The molecule has 1 aromatic carbocycles. The quantitative estimate of drug-likeness (QED) is 0.405. The van der Waals surface area contributed by atoms with Gasteiger partial charge >= 0.3 is 35.1 Å². The molecule has 0 aliphatic carbocycles. The first-order valence-electron chi connectivity index (χ1n) is 5.16. The van der Waals surface area contributed by atoms with E-state index in [9.17, 15) is 4.79 Å². The molecule has 3 nitrogen and oxygen atoms in total. The third kappa shape index (κ3) is 18.9. The molecule has 0 aliphatic heterocycles. The van der Waals surface area contributed by atoms with E-state index in [2.05, 4.69) is 53.6 Å². The molecule has 0 unspecified atom stereocenters. The Hall–Kier alpha value is 0.332. The predicted octanol–water partition coefficient (Wildman–Crippen LogP) is 1.76. The zero-order chi connectivity index (χ0) is 13.7. The van der Waals surface area contributed by atoms with Gasteiger partial charge in [0.15, 0.2) is 0 Å². The van der Waals surface area contributed by atoms with Gasteiger partial charge in [0.05, 0.1) is 5.43 Å². The van der Waals surface area contributed by atoms with E-state index in [1.165, 1.54) is 12.1 Å². The van der Waals surface area contributed by atoms with Gasteiger partial charge in [0.25, 0.3) is 0 Å². The Labute approximate surface area is 126 Å². The maximum atomic E-state index is 10.3. The molecule has 0 atom stereocenters. The fourth-order valence-corrected chi connectivity index (χ4v) is 0.820. The number of para-hydroxylation sites is 1. The molecule has 0 fully saturated rings. The van der Waals surface area contributed by atoms with E-state index in [0.29, 0.717) is 0 Å². The van der Waals surface area contributed by atoms with E-state index in [1.54, 1.807) is 12.1 Å². The zero-order valence-electron chi connectivity index (χ0n) is 10.8.